The van der Waals surface area contributed by atoms with E-state index in [9.17, 15) is 5.11 Å². The number of rotatable bonds is 2. The Bertz CT molecular complexity index is 382. The maximum absolute atomic E-state index is 9.70. The molecule has 0 amide bonds. The molecule has 1 unspecified atom stereocenters. The van der Waals surface area contributed by atoms with Crippen LogP contribution in [-0.4, -0.2) is 18.3 Å². The molecule has 0 aliphatic carbocycles. The highest BCUT2D eigenvalue weighted by Crippen LogP contribution is 2.34. The fraction of sp³-hybridized carbons (Fsp3) is 0.500. The van der Waals surface area contributed by atoms with Gasteiger partial charge in [0.1, 0.15) is 5.75 Å². The lowest BCUT2D eigenvalue weighted by Gasteiger charge is -2.14. The number of ether oxygens (including phenoxy) is 1. The highest BCUT2D eigenvalue weighted by Gasteiger charge is 2.16. The van der Waals surface area contributed by atoms with E-state index in [1.54, 1.807) is 6.07 Å². The zero-order chi connectivity index (χ0) is 11.5. The topological polar surface area (TPSA) is 55.5 Å². The highest BCUT2D eigenvalue weighted by molar-refractivity contribution is 6.32. The van der Waals surface area contributed by atoms with Crippen molar-refractivity contribution in [2.45, 2.75) is 25.4 Å². The molecule has 3 N–H and O–H groups in total. The zero-order valence-corrected chi connectivity index (χ0v) is 9.83. The first-order valence-electron chi connectivity index (χ1n) is 5.55. The second-order valence-electron chi connectivity index (χ2n) is 4.05. The van der Waals surface area contributed by atoms with Crippen molar-refractivity contribution in [3.8, 4) is 5.75 Å². The summed E-state index contributed by atoms with van der Waals surface area (Å²) in [6, 6.07) is 3.69. The molecular weight excluding hydrogens is 226 g/mol. The third-order valence-electron chi connectivity index (χ3n) is 2.84. The third kappa shape index (κ3) is 2.32. The maximum atomic E-state index is 9.70. The van der Waals surface area contributed by atoms with E-state index in [2.05, 4.69) is 0 Å². The first-order valence-corrected chi connectivity index (χ1v) is 5.93. The zero-order valence-electron chi connectivity index (χ0n) is 9.08. The van der Waals surface area contributed by atoms with E-state index in [0.29, 0.717) is 11.6 Å². The number of halogens is 1. The van der Waals surface area contributed by atoms with E-state index in [0.717, 1.165) is 36.1 Å². The normalized spacial score (nSPS) is 17.2. The van der Waals surface area contributed by atoms with Crippen LogP contribution in [-0.2, 0) is 6.42 Å². The van der Waals surface area contributed by atoms with E-state index in [1.165, 1.54) is 0 Å². The summed E-state index contributed by atoms with van der Waals surface area (Å²) in [5.41, 5.74) is 7.29. The summed E-state index contributed by atoms with van der Waals surface area (Å²) >= 11 is 6.14. The average molecular weight is 242 g/mol. The second-order valence-corrected chi connectivity index (χ2v) is 4.46. The molecule has 0 saturated heterocycles. The molecule has 88 valence electrons. The van der Waals surface area contributed by atoms with Gasteiger partial charge in [-0.2, -0.15) is 0 Å². The molecule has 3 nitrogen and oxygen atoms in total. The van der Waals surface area contributed by atoms with Crippen molar-refractivity contribution in [2.75, 3.05) is 13.2 Å². The van der Waals surface area contributed by atoms with Gasteiger partial charge in [-0.25, -0.2) is 0 Å². The Labute approximate surface area is 100 Å². The van der Waals surface area contributed by atoms with E-state index < -0.39 is 6.10 Å². The third-order valence-corrected chi connectivity index (χ3v) is 3.12. The Morgan fingerprint density at radius 1 is 1.44 bits per heavy atom. The number of nitrogens with two attached hydrogens (primary N) is 1. The molecule has 4 heteroatoms. The van der Waals surface area contributed by atoms with Crippen molar-refractivity contribution in [3.63, 3.8) is 0 Å². The van der Waals surface area contributed by atoms with Crippen LogP contribution >= 0.6 is 11.6 Å². The fourth-order valence-electron chi connectivity index (χ4n) is 1.94. The summed E-state index contributed by atoms with van der Waals surface area (Å²) in [6.07, 6.45) is 2.43. The molecule has 1 atom stereocenters. The molecule has 2 rings (SSSR count). The van der Waals surface area contributed by atoms with Gasteiger partial charge in [-0.1, -0.05) is 11.6 Å². The lowest BCUT2D eigenvalue weighted by Crippen LogP contribution is -2.12. The van der Waals surface area contributed by atoms with Crippen LogP contribution in [0, 0.1) is 0 Å². The van der Waals surface area contributed by atoms with Crippen LogP contribution in [0.3, 0.4) is 0 Å². The molecule has 0 spiro atoms. The highest BCUT2D eigenvalue weighted by atomic mass is 35.5. The molecule has 0 radical (unpaired) electrons. The van der Waals surface area contributed by atoms with Crippen LogP contribution in [0.25, 0.3) is 0 Å². The second kappa shape index (κ2) is 5.04. The maximum Gasteiger partial charge on any atom is 0.141 e. The molecule has 0 aromatic heterocycles. The molecule has 1 heterocycles. The minimum atomic E-state index is -0.647. The van der Waals surface area contributed by atoms with E-state index in [-0.39, 0.29) is 6.54 Å². The number of aliphatic hydroxyl groups is 1. The Kier molecular flexibility index (Phi) is 3.69. The molecule has 0 saturated carbocycles. The fourth-order valence-corrected chi connectivity index (χ4v) is 2.24. The Morgan fingerprint density at radius 2 is 2.25 bits per heavy atom. The first kappa shape index (κ1) is 11.7. The number of hydrogen-bond acceptors (Lipinski definition) is 3. The minimum absolute atomic E-state index is 0.204. The van der Waals surface area contributed by atoms with E-state index in [1.807, 2.05) is 6.07 Å². The number of benzene rings is 1. The van der Waals surface area contributed by atoms with Crippen LogP contribution in [0.4, 0.5) is 0 Å². The Hall–Kier alpha value is -0.770. The summed E-state index contributed by atoms with van der Waals surface area (Å²) in [7, 11) is 0. The first-order chi connectivity index (χ1) is 7.72. The molecule has 1 aromatic carbocycles. The number of aryl methyl sites for hydroxylation is 1. The van der Waals surface area contributed by atoms with Gasteiger partial charge in [-0.3, -0.25) is 0 Å². The molecule has 0 bridgehead atoms. The Balaban J connectivity index is 2.39. The van der Waals surface area contributed by atoms with Gasteiger partial charge in [0.05, 0.1) is 17.7 Å². The lowest BCUT2D eigenvalue weighted by molar-refractivity contribution is 0.186. The number of aliphatic hydroxyl groups excluding tert-OH is 1. The van der Waals surface area contributed by atoms with Crippen molar-refractivity contribution in [2.24, 2.45) is 5.73 Å². The van der Waals surface area contributed by atoms with Gasteiger partial charge in [0.25, 0.3) is 0 Å². The molecule has 1 aromatic rings. The molecular formula is C12H16ClNO2. The number of fused-ring (bicyclic) bond motifs is 1. The molecule has 16 heavy (non-hydrogen) atoms. The summed E-state index contributed by atoms with van der Waals surface area (Å²) in [5, 5.41) is 10.3. The van der Waals surface area contributed by atoms with Crippen LogP contribution in [0.2, 0.25) is 5.02 Å². The molecule has 1 aliphatic heterocycles. The lowest BCUT2D eigenvalue weighted by atomic mass is 10.0. The summed E-state index contributed by atoms with van der Waals surface area (Å²) in [6.45, 7) is 0.918. The number of hydrogen-bond donors (Lipinski definition) is 2. The van der Waals surface area contributed by atoms with Crippen molar-refractivity contribution >= 4 is 11.6 Å². The van der Waals surface area contributed by atoms with Crippen LogP contribution < -0.4 is 10.5 Å². The quantitative estimate of drug-likeness (QED) is 0.833. The largest absolute Gasteiger partial charge is 0.492 e. The Morgan fingerprint density at radius 3 is 3.00 bits per heavy atom. The summed E-state index contributed by atoms with van der Waals surface area (Å²) in [5.74, 6) is 0.770. The van der Waals surface area contributed by atoms with Gasteiger partial charge in [0, 0.05) is 6.54 Å². The summed E-state index contributed by atoms with van der Waals surface area (Å²) < 4.78 is 5.60. The van der Waals surface area contributed by atoms with Gasteiger partial charge in [-0.15, -0.1) is 0 Å². The monoisotopic (exact) mass is 241 g/mol. The van der Waals surface area contributed by atoms with Gasteiger partial charge in [0.15, 0.2) is 0 Å². The van der Waals surface area contributed by atoms with Gasteiger partial charge < -0.3 is 15.6 Å². The van der Waals surface area contributed by atoms with Crippen molar-refractivity contribution in [1.82, 2.24) is 0 Å². The van der Waals surface area contributed by atoms with Crippen LogP contribution in [0.15, 0.2) is 12.1 Å². The molecule has 1 aliphatic rings. The molecule has 0 fully saturated rings. The van der Waals surface area contributed by atoms with Gasteiger partial charge >= 0.3 is 0 Å². The average Bonchev–Trinajstić information content (AvgIpc) is 2.53. The SMILES string of the molecule is NCC(O)c1cc(Cl)c2c(c1)CCCCO2. The predicted molar refractivity (Wildman–Crippen MR) is 63.9 cm³/mol. The van der Waals surface area contributed by atoms with Gasteiger partial charge in [-0.05, 0) is 42.5 Å². The standard InChI is InChI=1S/C12H16ClNO2/c13-10-6-9(11(15)7-14)5-8-3-1-2-4-16-12(8)10/h5-6,11,15H,1-4,7,14H2. The predicted octanol–water partition coefficient (Wildman–Crippen LogP) is 2.05. The van der Waals surface area contributed by atoms with E-state index >= 15 is 0 Å². The van der Waals surface area contributed by atoms with Gasteiger partial charge in [0.2, 0.25) is 0 Å². The van der Waals surface area contributed by atoms with Crippen molar-refractivity contribution < 1.29 is 9.84 Å². The minimum Gasteiger partial charge on any atom is -0.492 e. The smallest absolute Gasteiger partial charge is 0.141 e. The summed E-state index contributed by atoms with van der Waals surface area (Å²) in [4.78, 5) is 0. The van der Waals surface area contributed by atoms with Crippen LogP contribution in [0.5, 0.6) is 5.75 Å². The van der Waals surface area contributed by atoms with Crippen LogP contribution in [0.1, 0.15) is 30.1 Å². The van der Waals surface area contributed by atoms with Crippen molar-refractivity contribution in [3.05, 3.63) is 28.3 Å². The van der Waals surface area contributed by atoms with Crippen molar-refractivity contribution in [1.29, 1.82) is 0 Å². The van der Waals surface area contributed by atoms with E-state index in [4.69, 9.17) is 22.1 Å².